The maximum absolute atomic E-state index is 13.2. The normalized spacial score (nSPS) is 14.4. The van der Waals surface area contributed by atoms with Crippen LogP contribution in [0.1, 0.15) is 24.6 Å². The zero-order chi connectivity index (χ0) is 16.1. The lowest BCUT2D eigenvalue weighted by atomic mass is 10.1. The molecule has 0 aliphatic heterocycles. The van der Waals surface area contributed by atoms with Crippen LogP contribution in [0.15, 0.2) is 42.5 Å². The smallest absolute Gasteiger partial charge is 0.181 e. The zero-order valence-corrected chi connectivity index (χ0v) is 12.8. The van der Waals surface area contributed by atoms with E-state index in [-0.39, 0.29) is 5.82 Å². The summed E-state index contributed by atoms with van der Waals surface area (Å²) in [5.41, 5.74) is 3.53. The number of nitrogens with one attached hydrogen (secondary N) is 2. The van der Waals surface area contributed by atoms with Crippen molar-refractivity contribution in [2.24, 2.45) is 0 Å². The summed E-state index contributed by atoms with van der Waals surface area (Å²) in [6.07, 6.45) is 2.37. The number of rotatable bonds is 3. The van der Waals surface area contributed by atoms with Gasteiger partial charge in [0.1, 0.15) is 11.6 Å². The topological polar surface area (TPSA) is 70.2 Å². The number of hydrogen-bond donors (Lipinski definition) is 2. The minimum atomic E-state index is -0.257. The van der Waals surface area contributed by atoms with Gasteiger partial charge < -0.3 is 0 Å². The molecular formula is C18H14FN5. The van der Waals surface area contributed by atoms with E-state index in [4.69, 9.17) is 0 Å². The van der Waals surface area contributed by atoms with Crippen LogP contribution in [0.5, 0.6) is 0 Å². The molecule has 0 atom stereocenters. The molecule has 0 spiro atoms. The Labute approximate surface area is 136 Å². The van der Waals surface area contributed by atoms with Crippen LogP contribution in [-0.2, 0) is 0 Å². The molecule has 1 saturated carbocycles. The van der Waals surface area contributed by atoms with Crippen LogP contribution in [0.3, 0.4) is 0 Å². The van der Waals surface area contributed by atoms with Crippen molar-refractivity contribution in [3.63, 3.8) is 0 Å². The van der Waals surface area contributed by atoms with E-state index in [2.05, 4.69) is 25.4 Å². The van der Waals surface area contributed by atoms with Gasteiger partial charge in [-0.25, -0.2) is 9.37 Å². The largest absolute Gasteiger partial charge is 0.277 e. The second-order valence-electron chi connectivity index (χ2n) is 6.16. The van der Waals surface area contributed by atoms with Crippen LogP contribution >= 0.6 is 0 Å². The van der Waals surface area contributed by atoms with Crippen LogP contribution in [0, 0.1) is 5.82 Å². The fourth-order valence-electron chi connectivity index (χ4n) is 2.92. The number of fused-ring (bicyclic) bond motifs is 1. The average molecular weight is 319 g/mol. The van der Waals surface area contributed by atoms with E-state index in [1.165, 1.54) is 25.0 Å². The fourth-order valence-corrected chi connectivity index (χ4v) is 2.92. The third kappa shape index (κ3) is 2.19. The third-order valence-corrected chi connectivity index (χ3v) is 4.41. The van der Waals surface area contributed by atoms with Gasteiger partial charge in [-0.2, -0.15) is 10.2 Å². The van der Waals surface area contributed by atoms with Crippen molar-refractivity contribution < 1.29 is 4.39 Å². The monoisotopic (exact) mass is 319 g/mol. The summed E-state index contributed by atoms with van der Waals surface area (Å²) in [5, 5.41) is 15.7. The molecule has 0 amide bonds. The van der Waals surface area contributed by atoms with Crippen LogP contribution in [0.2, 0.25) is 0 Å². The van der Waals surface area contributed by atoms with Crippen molar-refractivity contribution >= 4 is 10.9 Å². The van der Waals surface area contributed by atoms with Gasteiger partial charge in [0.05, 0.1) is 11.2 Å². The van der Waals surface area contributed by atoms with E-state index in [1.807, 2.05) is 18.2 Å². The highest BCUT2D eigenvalue weighted by molar-refractivity contribution is 5.95. The molecule has 0 saturated heterocycles. The molecule has 2 aromatic carbocycles. The molecule has 0 bridgehead atoms. The van der Waals surface area contributed by atoms with Crippen molar-refractivity contribution in [1.29, 1.82) is 0 Å². The van der Waals surface area contributed by atoms with Crippen LogP contribution in [-0.4, -0.2) is 25.4 Å². The molecule has 6 heteroatoms. The maximum Gasteiger partial charge on any atom is 0.181 e. The Balaban J connectivity index is 1.61. The predicted octanol–water partition coefficient (Wildman–Crippen LogP) is 4.03. The Morgan fingerprint density at radius 3 is 2.50 bits per heavy atom. The molecule has 0 radical (unpaired) electrons. The van der Waals surface area contributed by atoms with Gasteiger partial charge in [0.25, 0.3) is 0 Å². The first-order chi connectivity index (χ1) is 11.8. The van der Waals surface area contributed by atoms with Crippen LogP contribution < -0.4 is 0 Å². The predicted molar refractivity (Wildman–Crippen MR) is 88.8 cm³/mol. The third-order valence-electron chi connectivity index (χ3n) is 4.41. The second kappa shape index (κ2) is 4.99. The highest BCUT2D eigenvalue weighted by Crippen LogP contribution is 2.38. The minimum Gasteiger partial charge on any atom is -0.277 e. The van der Waals surface area contributed by atoms with Gasteiger partial charge >= 0.3 is 0 Å². The van der Waals surface area contributed by atoms with E-state index >= 15 is 0 Å². The van der Waals surface area contributed by atoms with Gasteiger partial charge in [0, 0.05) is 22.4 Å². The molecule has 1 fully saturated rings. The standard InChI is InChI=1S/C18H14FN5/c19-13-6-3-10(4-7-13)16-14-9-12(5-8-15(14)21-22-16)18-20-17(23-24-18)11-1-2-11/h3-9,11H,1-2H2,(H,21,22)(H,20,23,24). The van der Waals surface area contributed by atoms with Gasteiger partial charge in [-0.05, 0) is 55.3 Å². The molecule has 2 N–H and O–H groups in total. The lowest BCUT2D eigenvalue weighted by Gasteiger charge is -2.00. The van der Waals surface area contributed by atoms with E-state index in [9.17, 15) is 4.39 Å². The highest BCUT2D eigenvalue weighted by Gasteiger charge is 2.27. The van der Waals surface area contributed by atoms with Crippen molar-refractivity contribution in [1.82, 2.24) is 25.4 Å². The average Bonchev–Trinajstić information content (AvgIpc) is 3.19. The number of halogens is 1. The van der Waals surface area contributed by atoms with Gasteiger partial charge in [-0.15, -0.1) is 0 Å². The molecule has 5 rings (SSSR count). The Hall–Kier alpha value is -3.02. The zero-order valence-electron chi connectivity index (χ0n) is 12.8. The van der Waals surface area contributed by atoms with Crippen LogP contribution in [0.25, 0.3) is 33.5 Å². The summed E-state index contributed by atoms with van der Waals surface area (Å²) in [7, 11) is 0. The Kier molecular flexibility index (Phi) is 2.79. The molecule has 1 aliphatic rings. The number of aromatic nitrogens is 5. The van der Waals surface area contributed by atoms with E-state index in [1.54, 1.807) is 12.1 Å². The van der Waals surface area contributed by atoms with Gasteiger partial charge in [-0.1, -0.05) is 0 Å². The van der Waals surface area contributed by atoms with Crippen molar-refractivity contribution in [3.05, 3.63) is 54.1 Å². The summed E-state index contributed by atoms with van der Waals surface area (Å²) in [6.45, 7) is 0. The second-order valence-corrected chi connectivity index (χ2v) is 6.16. The first-order valence-electron chi connectivity index (χ1n) is 7.95. The van der Waals surface area contributed by atoms with Crippen molar-refractivity contribution in [2.75, 3.05) is 0 Å². The minimum absolute atomic E-state index is 0.257. The lowest BCUT2D eigenvalue weighted by Crippen LogP contribution is -1.83. The van der Waals surface area contributed by atoms with E-state index < -0.39 is 0 Å². The van der Waals surface area contributed by atoms with E-state index in [0.717, 1.165) is 33.5 Å². The summed E-state index contributed by atoms with van der Waals surface area (Å²) < 4.78 is 13.2. The summed E-state index contributed by atoms with van der Waals surface area (Å²) >= 11 is 0. The molecular weight excluding hydrogens is 305 g/mol. The number of benzene rings is 2. The first kappa shape index (κ1) is 13.4. The quantitative estimate of drug-likeness (QED) is 0.599. The van der Waals surface area contributed by atoms with E-state index in [0.29, 0.717) is 11.7 Å². The number of nitrogens with zero attached hydrogens (tertiary/aromatic N) is 3. The van der Waals surface area contributed by atoms with Gasteiger partial charge in [-0.3, -0.25) is 10.2 Å². The number of aromatic amines is 2. The highest BCUT2D eigenvalue weighted by atomic mass is 19.1. The molecule has 118 valence electrons. The summed E-state index contributed by atoms with van der Waals surface area (Å²) in [5.74, 6) is 1.95. The first-order valence-corrected chi connectivity index (χ1v) is 7.95. The summed E-state index contributed by atoms with van der Waals surface area (Å²) in [4.78, 5) is 4.60. The van der Waals surface area contributed by atoms with Gasteiger partial charge in [0.2, 0.25) is 0 Å². The molecule has 5 nitrogen and oxygen atoms in total. The number of H-pyrrole nitrogens is 2. The van der Waals surface area contributed by atoms with Crippen molar-refractivity contribution in [3.8, 4) is 22.6 Å². The van der Waals surface area contributed by atoms with Gasteiger partial charge in [0.15, 0.2) is 5.82 Å². The Morgan fingerprint density at radius 1 is 0.917 bits per heavy atom. The van der Waals surface area contributed by atoms with Crippen LogP contribution in [0.4, 0.5) is 4.39 Å². The molecule has 2 aromatic heterocycles. The van der Waals surface area contributed by atoms with Crippen molar-refractivity contribution in [2.45, 2.75) is 18.8 Å². The SMILES string of the molecule is Fc1ccc(-c2n[nH]c3ccc(-c4n[nH]c(C5CC5)n4)cc23)cc1. The fraction of sp³-hybridized carbons (Fsp3) is 0.167. The molecule has 4 aromatic rings. The molecule has 1 aliphatic carbocycles. The number of hydrogen-bond acceptors (Lipinski definition) is 3. The molecule has 0 unspecified atom stereocenters. The molecule has 2 heterocycles. The lowest BCUT2D eigenvalue weighted by molar-refractivity contribution is 0.628. The Bertz CT molecular complexity index is 1030. The summed E-state index contributed by atoms with van der Waals surface area (Å²) in [6, 6.07) is 12.3. The maximum atomic E-state index is 13.2. The molecule has 24 heavy (non-hydrogen) atoms. The Morgan fingerprint density at radius 2 is 1.71 bits per heavy atom.